The van der Waals surface area contributed by atoms with Crippen LogP contribution in [-0.4, -0.2) is 22.5 Å². The van der Waals surface area contributed by atoms with E-state index in [1.165, 1.54) is 0 Å². The monoisotopic (exact) mass is 343 g/mol. The number of imidazole rings is 1. The fourth-order valence-corrected chi connectivity index (χ4v) is 2.67. The van der Waals surface area contributed by atoms with Crippen LogP contribution in [0.2, 0.25) is 5.02 Å². The standard InChI is InChI=1S/C18H18ClN3O2/c1-11-9-13(19)7-8-16(11)24-10-17(23)20-12(2)18-21-14-5-3-4-6-15(14)22-18/h3-9,12H,10H2,1-2H3,(H,20,23)(H,21,22)/t12-/m0/s1. The van der Waals surface area contributed by atoms with Gasteiger partial charge in [-0.05, 0) is 49.7 Å². The minimum absolute atomic E-state index is 0.0625. The van der Waals surface area contributed by atoms with Crippen LogP contribution in [0.25, 0.3) is 11.0 Å². The number of aromatic nitrogens is 2. The Morgan fingerprint density at radius 3 is 2.88 bits per heavy atom. The van der Waals surface area contributed by atoms with E-state index in [-0.39, 0.29) is 18.6 Å². The number of hydrogen-bond donors (Lipinski definition) is 2. The fourth-order valence-electron chi connectivity index (χ4n) is 2.45. The van der Waals surface area contributed by atoms with Crippen molar-refractivity contribution in [3.63, 3.8) is 0 Å². The van der Waals surface area contributed by atoms with Crippen LogP contribution in [0.15, 0.2) is 42.5 Å². The molecule has 1 amide bonds. The molecule has 0 saturated carbocycles. The third-order valence-corrected chi connectivity index (χ3v) is 3.93. The predicted molar refractivity (Wildman–Crippen MR) is 94.3 cm³/mol. The molecule has 1 heterocycles. The molecule has 2 N–H and O–H groups in total. The second kappa shape index (κ2) is 6.93. The Bertz CT molecular complexity index is 843. The molecule has 3 rings (SSSR count). The normalized spacial score (nSPS) is 12.1. The SMILES string of the molecule is Cc1cc(Cl)ccc1OCC(=O)N[C@@H](C)c1nc2ccccc2[nH]1. The van der Waals surface area contributed by atoms with Crippen LogP contribution in [-0.2, 0) is 4.79 Å². The molecule has 0 spiro atoms. The summed E-state index contributed by atoms with van der Waals surface area (Å²) in [5.41, 5.74) is 2.71. The summed E-state index contributed by atoms with van der Waals surface area (Å²) in [6, 6.07) is 12.8. The number of rotatable bonds is 5. The van der Waals surface area contributed by atoms with Crippen LogP contribution in [0.4, 0.5) is 0 Å². The molecular formula is C18H18ClN3O2. The van der Waals surface area contributed by atoms with Crippen molar-refractivity contribution >= 4 is 28.5 Å². The molecule has 2 aromatic carbocycles. The van der Waals surface area contributed by atoms with Gasteiger partial charge in [-0.2, -0.15) is 0 Å². The molecule has 6 heteroatoms. The third-order valence-electron chi connectivity index (χ3n) is 3.69. The predicted octanol–water partition coefficient (Wildman–Crippen LogP) is 3.78. The summed E-state index contributed by atoms with van der Waals surface area (Å²) < 4.78 is 5.55. The second-order valence-electron chi connectivity index (χ2n) is 5.63. The van der Waals surface area contributed by atoms with Gasteiger partial charge in [0.15, 0.2) is 6.61 Å². The van der Waals surface area contributed by atoms with E-state index in [4.69, 9.17) is 16.3 Å². The van der Waals surface area contributed by atoms with Crippen molar-refractivity contribution in [1.29, 1.82) is 0 Å². The zero-order valence-corrected chi connectivity index (χ0v) is 14.2. The number of nitrogens with zero attached hydrogens (tertiary/aromatic N) is 1. The summed E-state index contributed by atoms with van der Waals surface area (Å²) in [6.07, 6.45) is 0. The van der Waals surface area contributed by atoms with Gasteiger partial charge in [-0.15, -0.1) is 0 Å². The summed E-state index contributed by atoms with van der Waals surface area (Å²) in [6.45, 7) is 3.70. The van der Waals surface area contributed by atoms with Crippen molar-refractivity contribution in [3.05, 3.63) is 58.9 Å². The van der Waals surface area contributed by atoms with Crippen molar-refractivity contribution in [2.75, 3.05) is 6.61 Å². The number of halogens is 1. The van der Waals surface area contributed by atoms with Gasteiger partial charge in [0.2, 0.25) is 0 Å². The highest BCUT2D eigenvalue weighted by molar-refractivity contribution is 6.30. The Balaban J connectivity index is 1.59. The van der Waals surface area contributed by atoms with Gasteiger partial charge in [-0.3, -0.25) is 4.79 Å². The average molecular weight is 344 g/mol. The van der Waals surface area contributed by atoms with Crippen LogP contribution < -0.4 is 10.1 Å². The van der Waals surface area contributed by atoms with Crippen molar-refractivity contribution in [2.24, 2.45) is 0 Å². The lowest BCUT2D eigenvalue weighted by Crippen LogP contribution is -2.31. The molecule has 0 bridgehead atoms. The smallest absolute Gasteiger partial charge is 0.258 e. The summed E-state index contributed by atoms with van der Waals surface area (Å²) in [5, 5.41) is 3.52. The summed E-state index contributed by atoms with van der Waals surface area (Å²) in [5.74, 6) is 1.15. The summed E-state index contributed by atoms with van der Waals surface area (Å²) in [7, 11) is 0. The number of aromatic amines is 1. The quantitative estimate of drug-likeness (QED) is 0.740. The highest BCUT2D eigenvalue weighted by Crippen LogP contribution is 2.21. The van der Waals surface area contributed by atoms with Crippen LogP contribution in [0.1, 0.15) is 24.4 Å². The molecular weight excluding hydrogens is 326 g/mol. The van der Waals surface area contributed by atoms with Gasteiger partial charge in [0.1, 0.15) is 11.6 Å². The van der Waals surface area contributed by atoms with E-state index in [0.717, 1.165) is 16.6 Å². The second-order valence-corrected chi connectivity index (χ2v) is 6.06. The first kappa shape index (κ1) is 16.3. The maximum atomic E-state index is 12.1. The maximum absolute atomic E-state index is 12.1. The number of carbonyl (C=O) groups excluding carboxylic acids is 1. The fraction of sp³-hybridized carbons (Fsp3) is 0.222. The van der Waals surface area contributed by atoms with Crippen molar-refractivity contribution in [1.82, 2.24) is 15.3 Å². The van der Waals surface area contributed by atoms with Crippen LogP contribution in [0.3, 0.4) is 0 Å². The van der Waals surface area contributed by atoms with E-state index in [2.05, 4.69) is 15.3 Å². The van der Waals surface area contributed by atoms with Gasteiger partial charge in [0, 0.05) is 5.02 Å². The first-order valence-corrected chi connectivity index (χ1v) is 8.03. The van der Waals surface area contributed by atoms with E-state index >= 15 is 0 Å². The Morgan fingerprint density at radius 1 is 1.33 bits per heavy atom. The number of benzene rings is 2. The lowest BCUT2D eigenvalue weighted by molar-refractivity contribution is -0.123. The zero-order chi connectivity index (χ0) is 17.1. The largest absolute Gasteiger partial charge is 0.484 e. The van der Waals surface area contributed by atoms with Crippen molar-refractivity contribution in [2.45, 2.75) is 19.9 Å². The molecule has 0 aliphatic heterocycles. The maximum Gasteiger partial charge on any atom is 0.258 e. The Labute approximate surface area is 145 Å². The van der Waals surface area contributed by atoms with Gasteiger partial charge in [-0.1, -0.05) is 23.7 Å². The number of amides is 1. The molecule has 0 aliphatic rings. The van der Waals surface area contributed by atoms with Gasteiger partial charge in [0.25, 0.3) is 5.91 Å². The van der Waals surface area contributed by atoms with Gasteiger partial charge < -0.3 is 15.0 Å². The lowest BCUT2D eigenvalue weighted by atomic mass is 10.2. The van der Waals surface area contributed by atoms with E-state index in [1.807, 2.05) is 38.1 Å². The highest BCUT2D eigenvalue weighted by Gasteiger charge is 2.14. The molecule has 0 saturated heterocycles. The average Bonchev–Trinajstić information content (AvgIpc) is 2.98. The first-order valence-electron chi connectivity index (χ1n) is 7.66. The molecule has 3 aromatic rings. The van der Waals surface area contributed by atoms with Crippen LogP contribution in [0.5, 0.6) is 5.75 Å². The Morgan fingerprint density at radius 2 is 2.12 bits per heavy atom. The number of para-hydroxylation sites is 2. The molecule has 0 aliphatic carbocycles. The number of hydrogen-bond acceptors (Lipinski definition) is 3. The first-order chi connectivity index (χ1) is 11.5. The highest BCUT2D eigenvalue weighted by atomic mass is 35.5. The molecule has 0 radical (unpaired) electrons. The molecule has 24 heavy (non-hydrogen) atoms. The van der Waals surface area contributed by atoms with Gasteiger partial charge >= 0.3 is 0 Å². The molecule has 0 fully saturated rings. The van der Waals surface area contributed by atoms with Gasteiger partial charge in [-0.25, -0.2) is 4.98 Å². The number of carbonyl (C=O) groups is 1. The molecule has 1 aromatic heterocycles. The Hall–Kier alpha value is -2.53. The lowest BCUT2D eigenvalue weighted by Gasteiger charge is -2.13. The molecule has 124 valence electrons. The number of H-pyrrole nitrogens is 1. The Kier molecular flexibility index (Phi) is 4.71. The number of ether oxygens (including phenoxy) is 1. The molecule has 1 atom stereocenters. The summed E-state index contributed by atoms with van der Waals surface area (Å²) >= 11 is 5.90. The number of aryl methyl sites for hydroxylation is 1. The third kappa shape index (κ3) is 3.68. The van der Waals surface area contributed by atoms with Crippen LogP contribution in [0, 0.1) is 6.92 Å². The summed E-state index contributed by atoms with van der Waals surface area (Å²) in [4.78, 5) is 19.8. The minimum atomic E-state index is -0.236. The van der Waals surface area contributed by atoms with Crippen molar-refractivity contribution < 1.29 is 9.53 Å². The van der Waals surface area contributed by atoms with E-state index in [9.17, 15) is 4.79 Å². The number of fused-ring (bicyclic) bond motifs is 1. The molecule has 5 nitrogen and oxygen atoms in total. The zero-order valence-electron chi connectivity index (χ0n) is 13.5. The van der Waals surface area contributed by atoms with E-state index in [1.54, 1.807) is 18.2 Å². The molecule has 0 unspecified atom stereocenters. The van der Waals surface area contributed by atoms with Gasteiger partial charge in [0.05, 0.1) is 17.1 Å². The van der Waals surface area contributed by atoms with E-state index < -0.39 is 0 Å². The van der Waals surface area contributed by atoms with Crippen molar-refractivity contribution in [3.8, 4) is 5.75 Å². The van der Waals surface area contributed by atoms with E-state index in [0.29, 0.717) is 16.6 Å². The van der Waals surface area contributed by atoms with Crippen LogP contribution >= 0.6 is 11.6 Å². The minimum Gasteiger partial charge on any atom is -0.484 e. The number of nitrogens with one attached hydrogen (secondary N) is 2. The topological polar surface area (TPSA) is 67.0 Å².